The van der Waals surface area contributed by atoms with Crippen molar-refractivity contribution in [2.75, 3.05) is 4.90 Å². The first-order valence-electron chi connectivity index (χ1n) is 6.44. The molecule has 23 heavy (non-hydrogen) atoms. The van der Waals surface area contributed by atoms with Crippen molar-refractivity contribution in [3.8, 4) is 0 Å². The number of hydrogen-bond acceptors (Lipinski definition) is 3. The quantitative estimate of drug-likeness (QED) is 0.366. The molecular weight excluding hydrogens is 482 g/mol. The molecule has 7 heteroatoms. The number of carbonyl (C=O) groups is 1. The second-order valence-electron chi connectivity index (χ2n) is 4.67. The number of anilines is 1. The van der Waals surface area contributed by atoms with Crippen molar-refractivity contribution in [1.82, 2.24) is 0 Å². The summed E-state index contributed by atoms with van der Waals surface area (Å²) in [6.07, 6.45) is 1.84. The Morgan fingerprint density at radius 1 is 1.13 bits per heavy atom. The van der Waals surface area contributed by atoms with Gasteiger partial charge in [0.15, 0.2) is 4.32 Å². The van der Waals surface area contributed by atoms with Crippen LogP contribution in [0, 0.1) is 0 Å². The summed E-state index contributed by atoms with van der Waals surface area (Å²) in [7, 11) is 0. The van der Waals surface area contributed by atoms with Crippen LogP contribution in [0.3, 0.4) is 0 Å². The third-order valence-electron chi connectivity index (χ3n) is 3.12. The van der Waals surface area contributed by atoms with Gasteiger partial charge in [-0.2, -0.15) is 0 Å². The fourth-order valence-corrected chi connectivity index (χ4v) is 4.01. The van der Waals surface area contributed by atoms with Gasteiger partial charge in [-0.05, 0) is 57.9 Å². The highest BCUT2D eigenvalue weighted by atomic mass is 79.9. The standard InChI is InChI=1S/C16H8Br2ClNOS2/c17-10-3-1-9(2-4-10)7-14-15(21)20(16(22)23-14)11-5-6-12(18)13(19)8-11/h1-8H/b14-7+. The molecule has 1 amide bonds. The number of thiocarbonyl (C=S) groups is 1. The summed E-state index contributed by atoms with van der Waals surface area (Å²) < 4.78 is 2.27. The first-order chi connectivity index (χ1) is 11.0. The molecule has 3 rings (SSSR count). The Labute approximate surface area is 165 Å². The lowest BCUT2D eigenvalue weighted by atomic mass is 10.2. The summed E-state index contributed by atoms with van der Waals surface area (Å²) in [5, 5.41) is 0.536. The summed E-state index contributed by atoms with van der Waals surface area (Å²) in [6.45, 7) is 0. The minimum Gasteiger partial charge on any atom is -0.268 e. The lowest BCUT2D eigenvalue weighted by molar-refractivity contribution is -0.113. The van der Waals surface area contributed by atoms with Gasteiger partial charge < -0.3 is 0 Å². The number of hydrogen-bond donors (Lipinski definition) is 0. The zero-order valence-electron chi connectivity index (χ0n) is 11.4. The van der Waals surface area contributed by atoms with Crippen molar-refractivity contribution < 1.29 is 4.79 Å². The predicted octanol–water partition coefficient (Wildman–Crippen LogP) is 6.27. The van der Waals surface area contributed by atoms with Crippen LogP contribution in [-0.2, 0) is 4.79 Å². The summed E-state index contributed by atoms with van der Waals surface area (Å²) in [6, 6.07) is 13.1. The van der Waals surface area contributed by atoms with Gasteiger partial charge in [-0.25, -0.2) is 0 Å². The number of rotatable bonds is 2. The van der Waals surface area contributed by atoms with E-state index in [9.17, 15) is 4.79 Å². The zero-order valence-corrected chi connectivity index (χ0v) is 17.0. The van der Waals surface area contributed by atoms with Crippen LogP contribution in [0.2, 0.25) is 5.02 Å². The monoisotopic (exact) mass is 487 g/mol. The van der Waals surface area contributed by atoms with Gasteiger partial charge in [0.2, 0.25) is 0 Å². The second kappa shape index (κ2) is 7.07. The van der Waals surface area contributed by atoms with Gasteiger partial charge in [-0.3, -0.25) is 9.69 Å². The first-order valence-corrected chi connectivity index (χ1v) is 9.63. The molecule has 1 aliphatic heterocycles. The third kappa shape index (κ3) is 3.72. The summed E-state index contributed by atoms with van der Waals surface area (Å²) >= 11 is 19.5. The van der Waals surface area contributed by atoms with E-state index in [4.69, 9.17) is 23.8 Å². The first kappa shape index (κ1) is 17.2. The van der Waals surface area contributed by atoms with E-state index in [0.29, 0.717) is 19.9 Å². The van der Waals surface area contributed by atoms with Gasteiger partial charge in [-0.15, -0.1) is 0 Å². The lowest BCUT2D eigenvalue weighted by Gasteiger charge is -2.15. The van der Waals surface area contributed by atoms with E-state index in [-0.39, 0.29) is 5.91 Å². The van der Waals surface area contributed by atoms with Gasteiger partial charge >= 0.3 is 0 Å². The number of benzene rings is 2. The minimum atomic E-state index is -0.138. The van der Waals surface area contributed by atoms with Crippen molar-refractivity contribution in [1.29, 1.82) is 0 Å². The minimum absolute atomic E-state index is 0.138. The van der Waals surface area contributed by atoms with E-state index in [0.717, 1.165) is 14.5 Å². The highest BCUT2D eigenvalue weighted by Crippen LogP contribution is 2.38. The van der Waals surface area contributed by atoms with Crippen LogP contribution in [0.15, 0.2) is 56.3 Å². The molecule has 2 nitrogen and oxygen atoms in total. The van der Waals surface area contributed by atoms with Crippen molar-refractivity contribution in [3.63, 3.8) is 0 Å². The number of amides is 1. The second-order valence-corrected chi connectivity index (χ2v) is 8.52. The van der Waals surface area contributed by atoms with E-state index in [1.165, 1.54) is 16.7 Å². The van der Waals surface area contributed by atoms with Crippen LogP contribution >= 0.6 is 67.4 Å². The molecule has 116 valence electrons. The van der Waals surface area contributed by atoms with Gasteiger partial charge in [0.25, 0.3) is 5.91 Å². The van der Waals surface area contributed by atoms with E-state index < -0.39 is 0 Å². The van der Waals surface area contributed by atoms with Crippen molar-refractivity contribution in [2.45, 2.75) is 0 Å². The predicted molar refractivity (Wildman–Crippen MR) is 109 cm³/mol. The topological polar surface area (TPSA) is 20.3 Å². The number of halogens is 3. The highest BCUT2D eigenvalue weighted by molar-refractivity contribution is 9.10. The Morgan fingerprint density at radius 3 is 2.48 bits per heavy atom. The van der Waals surface area contributed by atoms with Crippen LogP contribution in [0.5, 0.6) is 0 Å². The lowest BCUT2D eigenvalue weighted by Crippen LogP contribution is -2.27. The normalized spacial score (nSPS) is 16.5. The van der Waals surface area contributed by atoms with Crippen LogP contribution in [0.25, 0.3) is 6.08 Å². The van der Waals surface area contributed by atoms with Crippen molar-refractivity contribution in [3.05, 3.63) is 66.9 Å². The Kier molecular flexibility index (Phi) is 5.28. The number of carbonyl (C=O) groups excluding carboxylic acids is 1. The summed E-state index contributed by atoms with van der Waals surface area (Å²) in [4.78, 5) is 14.8. The molecule has 1 fully saturated rings. The van der Waals surface area contributed by atoms with Crippen LogP contribution < -0.4 is 4.90 Å². The zero-order chi connectivity index (χ0) is 16.6. The van der Waals surface area contributed by atoms with Crippen LogP contribution in [-0.4, -0.2) is 10.2 Å². The molecule has 0 atom stereocenters. The fraction of sp³-hybridized carbons (Fsp3) is 0. The third-order valence-corrected chi connectivity index (χ3v) is 6.19. The number of thioether (sulfide) groups is 1. The smallest absolute Gasteiger partial charge is 0.268 e. The van der Waals surface area contributed by atoms with Crippen molar-refractivity contribution >= 4 is 89.4 Å². The van der Waals surface area contributed by atoms with E-state index >= 15 is 0 Å². The highest BCUT2D eigenvalue weighted by Gasteiger charge is 2.33. The van der Waals surface area contributed by atoms with Gasteiger partial charge in [0.1, 0.15) is 0 Å². The summed E-state index contributed by atoms with van der Waals surface area (Å²) in [5.74, 6) is -0.138. The molecule has 0 spiro atoms. The molecule has 1 heterocycles. The molecule has 1 saturated heterocycles. The molecule has 0 bridgehead atoms. The molecule has 0 saturated carbocycles. The molecule has 0 aromatic heterocycles. The van der Waals surface area contributed by atoms with E-state index in [1.807, 2.05) is 36.4 Å². The Morgan fingerprint density at radius 2 is 1.83 bits per heavy atom. The molecule has 0 N–H and O–H groups in total. The van der Waals surface area contributed by atoms with E-state index in [1.54, 1.807) is 12.1 Å². The van der Waals surface area contributed by atoms with Gasteiger partial charge in [0.05, 0.1) is 15.6 Å². The Hall–Kier alpha value is -0.660. The Bertz CT molecular complexity index is 836. The maximum atomic E-state index is 12.7. The maximum Gasteiger partial charge on any atom is 0.270 e. The fourth-order valence-electron chi connectivity index (χ4n) is 2.02. The SMILES string of the molecule is O=C1/C(=C\c2ccc(Br)cc2)SC(=S)N1c1ccc(Br)c(Cl)c1. The summed E-state index contributed by atoms with van der Waals surface area (Å²) in [5.41, 5.74) is 1.61. The molecule has 0 unspecified atom stereocenters. The molecule has 2 aromatic carbocycles. The molecule has 0 aliphatic carbocycles. The van der Waals surface area contributed by atoms with E-state index in [2.05, 4.69) is 31.9 Å². The van der Waals surface area contributed by atoms with Gasteiger partial charge in [-0.1, -0.05) is 63.6 Å². The average Bonchev–Trinajstić information content (AvgIpc) is 2.79. The maximum absolute atomic E-state index is 12.7. The largest absolute Gasteiger partial charge is 0.270 e. The molecule has 2 aromatic rings. The van der Waals surface area contributed by atoms with Crippen LogP contribution in [0.4, 0.5) is 5.69 Å². The van der Waals surface area contributed by atoms with Crippen LogP contribution in [0.1, 0.15) is 5.56 Å². The molecule has 0 radical (unpaired) electrons. The Balaban J connectivity index is 1.93. The average molecular weight is 490 g/mol. The molecule has 1 aliphatic rings. The molecular formula is C16H8Br2ClNOS2. The van der Waals surface area contributed by atoms with Crippen molar-refractivity contribution in [2.24, 2.45) is 0 Å². The number of nitrogens with zero attached hydrogens (tertiary/aromatic N) is 1. The van der Waals surface area contributed by atoms with Gasteiger partial charge in [0, 0.05) is 8.95 Å².